The van der Waals surface area contributed by atoms with Crippen LogP contribution < -0.4 is 11.1 Å². The van der Waals surface area contributed by atoms with Crippen molar-refractivity contribution in [1.29, 1.82) is 5.26 Å². The van der Waals surface area contributed by atoms with E-state index >= 15 is 0 Å². The van der Waals surface area contributed by atoms with Crippen molar-refractivity contribution in [3.8, 4) is 6.07 Å². The Hall–Kier alpha value is -1.65. The number of urea groups is 1. The number of carbonyl (C=O) groups excluding carboxylic acids is 2. The average molecular weight is 300 g/mol. The van der Waals surface area contributed by atoms with Crippen molar-refractivity contribution in [2.75, 3.05) is 0 Å². The van der Waals surface area contributed by atoms with Gasteiger partial charge in [0.2, 0.25) is 0 Å². The van der Waals surface area contributed by atoms with Crippen molar-refractivity contribution >= 4 is 45.3 Å². The molecule has 5 nitrogen and oxygen atoms in total. The third-order valence-corrected chi connectivity index (χ3v) is 3.05. The highest BCUT2D eigenvalue weighted by Gasteiger charge is 2.11. The summed E-state index contributed by atoms with van der Waals surface area (Å²) in [7, 11) is 0. The number of thiophene rings is 1. The van der Waals surface area contributed by atoms with Crippen molar-refractivity contribution < 1.29 is 9.59 Å². The molecule has 3 amide bonds. The van der Waals surface area contributed by atoms with Crippen molar-refractivity contribution in [3.63, 3.8) is 0 Å². The van der Waals surface area contributed by atoms with Crippen LogP contribution in [0, 0.1) is 11.3 Å². The number of halogens is 1. The summed E-state index contributed by atoms with van der Waals surface area (Å²) in [5.74, 6) is -0.806. The van der Waals surface area contributed by atoms with Crippen LogP contribution in [0.15, 0.2) is 21.5 Å². The van der Waals surface area contributed by atoms with Gasteiger partial charge in [-0.2, -0.15) is 5.26 Å². The number of hydrogen-bond acceptors (Lipinski definition) is 4. The fourth-order valence-electron chi connectivity index (χ4n) is 0.876. The summed E-state index contributed by atoms with van der Waals surface area (Å²) in [5, 5.41) is 10.6. The smallest absolute Gasteiger partial charge is 0.319 e. The highest BCUT2D eigenvalue weighted by atomic mass is 79.9. The summed E-state index contributed by atoms with van der Waals surface area (Å²) in [6.45, 7) is 0. The van der Waals surface area contributed by atoms with Gasteiger partial charge in [0, 0.05) is 4.88 Å². The summed E-state index contributed by atoms with van der Waals surface area (Å²) >= 11 is 4.61. The standard InChI is InChI=1S/C9H6BrN3O2S/c10-7-2-1-6(16-7)3-5(4-11)8(14)13-9(12)15/h1-3H,(H3,12,13,14,15)/b5-3-. The number of nitriles is 1. The van der Waals surface area contributed by atoms with Gasteiger partial charge in [-0.15, -0.1) is 11.3 Å². The number of nitrogens with two attached hydrogens (primary N) is 1. The lowest BCUT2D eigenvalue weighted by Crippen LogP contribution is -2.35. The van der Waals surface area contributed by atoms with Crippen molar-refractivity contribution in [1.82, 2.24) is 5.32 Å². The topological polar surface area (TPSA) is 96.0 Å². The second kappa shape index (κ2) is 5.44. The number of carbonyl (C=O) groups is 2. The van der Waals surface area contributed by atoms with E-state index in [1.807, 2.05) is 5.32 Å². The van der Waals surface area contributed by atoms with Crippen LogP contribution in [0.2, 0.25) is 0 Å². The molecule has 3 N–H and O–H groups in total. The van der Waals surface area contributed by atoms with Gasteiger partial charge in [0.15, 0.2) is 0 Å². The molecule has 0 unspecified atom stereocenters. The zero-order valence-corrected chi connectivity index (χ0v) is 10.3. The van der Waals surface area contributed by atoms with Crippen LogP contribution in [-0.4, -0.2) is 11.9 Å². The average Bonchev–Trinajstić information content (AvgIpc) is 2.59. The Kier molecular flexibility index (Phi) is 4.22. The van der Waals surface area contributed by atoms with Gasteiger partial charge >= 0.3 is 6.03 Å². The molecule has 0 radical (unpaired) electrons. The van der Waals surface area contributed by atoms with Gasteiger partial charge in [-0.1, -0.05) is 0 Å². The highest BCUT2D eigenvalue weighted by molar-refractivity contribution is 9.11. The predicted molar refractivity (Wildman–Crippen MR) is 63.3 cm³/mol. The molecule has 0 aliphatic carbocycles. The lowest BCUT2D eigenvalue weighted by Gasteiger charge is -1.97. The number of hydrogen-bond donors (Lipinski definition) is 2. The minimum atomic E-state index is -0.987. The van der Waals surface area contributed by atoms with E-state index in [0.29, 0.717) is 0 Å². The number of nitrogens with zero attached hydrogens (tertiary/aromatic N) is 1. The number of rotatable bonds is 2. The van der Waals surface area contributed by atoms with Gasteiger partial charge in [-0.25, -0.2) is 4.79 Å². The van der Waals surface area contributed by atoms with E-state index in [-0.39, 0.29) is 5.57 Å². The van der Waals surface area contributed by atoms with Crippen LogP contribution >= 0.6 is 27.3 Å². The zero-order valence-electron chi connectivity index (χ0n) is 7.86. The van der Waals surface area contributed by atoms with E-state index in [9.17, 15) is 9.59 Å². The Morgan fingerprint density at radius 1 is 1.56 bits per heavy atom. The first kappa shape index (κ1) is 12.4. The van der Waals surface area contributed by atoms with Crippen molar-refractivity contribution in [2.45, 2.75) is 0 Å². The second-order valence-corrected chi connectivity index (χ2v) is 5.12. The molecule has 7 heteroatoms. The van der Waals surface area contributed by atoms with E-state index in [1.165, 1.54) is 17.4 Å². The largest absolute Gasteiger partial charge is 0.351 e. The molecule has 16 heavy (non-hydrogen) atoms. The van der Waals surface area contributed by atoms with Gasteiger partial charge in [-0.3, -0.25) is 10.1 Å². The summed E-state index contributed by atoms with van der Waals surface area (Å²) in [6, 6.07) is 4.24. The summed E-state index contributed by atoms with van der Waals surface area (Å²) in [6.07, 6.45) is 1.38. The Bertz CT molecular complexity index is 501. The van der Waals surface area contributed by atoms with E-state index < -0.39 is 11.9 Å². The van der Waals surface area contributed by atoms with Crippen molar-refractivity contribution in [3.05, 3.63) is 26.4 Å². The van der Waals surface area contributed by atoms with Crippen LogP contribution in [0.3, 0.4) is 0 Å². The predicted octanol–water partition coefficient (Wildman–Crippen LogP) is 1.61. The van der Waals surface area contributed by atoms with Gasteiger partial charge < -0.3 is 5.73 Å². The Balaban J connectivity index is 2.91. The lowest BCUT2D eigenvalue weighted by atomic mass is 10.2. The van der Waals surface area contributed by atoms with Crippen LogP contribution in [0.4, 0.5) is 4.79 Å². The van der Waals surface area contributed by atoms with Crippen LogP contribution in [0.25, 0.3) is 6.08 Å². The molecule has 1 aromatic rings. The van der Waals surface area contributed by atoms with E-state index in [4.69, 9.17) is 11.0 Å². The third kappa shape index (κ3) is 3.49. The minimum absolute atomic E-state index is 0.173. The number of imide groups is 1. The molecule has 0 bridgehead atoms. The summed E-state index contributed by atoms with van der Waals surface area (Å²) < 4.78 is 0.881. The zero-order chi connectivity index (χ0) is 12.1. The summed E-state index contributed by atoms with van der Waals surface area (Å²) in [4.78, 5) is 22.4. The molecule has 1 heterocycles. The molecule has 0 atom stereocenters. The Morgan fingerprint density at radius 3 is 2.69 bits per heavy atom. The molecule has 0 saturated carbocycles. The SMILES string of the molecule is N#C/C(=C/c1ccc(Br)s1)C(=O)NC(N)=O. The Labute approximate surface area is 104 Å². The van der Waals surface area contributed by atoms with E-state index in [0.717, 1.165) is 8.66 Å². The fourth-order valence-corrected chi connectivity index (χ4v) is 2.24. The molecule has 0 aliphatic rings. The third-order valence-electron chi connectivity index (χ3n) is 1.48. The summed E-state index contributed by atoms with van der Waals surface area (Å²) in [5.41, 5.74) is 4.60. The Morgan fingerprint density at radius 2 is 2.25 bits per heavy atom. The molecule has 0 aromatic carbocycles. The molecule has 82 valence electrons. The van der Waals surface area contributed by atoms with Crippen molar-refractivity contribution in [2.24, 2.45) is 5.73 Å². The molecular weight excluding hydrogens is 294 g/mol. The monoisotopic (exact) mass is 299 g/mol. The quantitative estimate of drug-likeness (QED) is 0.641. The first-order chi connectivity index (χ1) is 7.52. The molecule has 0 fully saturated rings. The molecular formula is C9H6BrN3O2S. The van der Waals surface area contributed by atoms with Crippen LogP contribution in [-0.2, 0) is 4.79 Å². The van der Waals surface area contributed by atoms with Gasteiger partial charge in [-0.05, 0) is 34.1 Å². The van der Waals surface area contributed by atoms with Crippen LogP contribution in [0.5, 0.6) is 0 Å². The second-order valence-electron chi connectivity index (χ2n) is 2.63. The maximum absolute atomic E-state index is 11.3. The first-order valence-electron chi connectivity index (χ1n) is 4.01. The number of amides is 3. The fraction of sp³-hybridized carbons (Fsp3) is 0. The minimum Gasteiger partial charge on any atom is -0.351 e. The van der Waals surface area contributed by atoms with Crippen LogP contribution in [0.1, 0.15) is 4.88 Å². The van der Waals surface area contributed by atoms with Gasteiger partial charge in [0.1, 0.15) is 11.6 Å². The highest BCUT2D eigenvalue weighted by Crippen LogP contribution is 2.23. The van der Waals surface area contributed by atoms with Gasteiger partial charge in [0.25, 0.3) is 5.91 Å². The maximum atomic E-state index is 11.3. The van der Waals surface area contributed by atoms with Gasteiger partial charge in [0.05, 0.1) is 3.79 Å². The number of primary amides is 1. The van der Waals surface area contributed by atoms with E-state index in [2.05, 4.69) is 15.9 Å². The molecule has 1 rings (SSSR count). The normalized spacial score (nSPS) is 10.6. The molecule has 1 aromatic heterocycles. The lowest BCUT2D eigenvalue weighted by molar-refractivity contribution is -0.115. The molecule has 0 saturated heterocycles. The number of nitrogens with one attached hydrogen (secondary N) is 1. The molecule has 0 spiro atoms. The molecule has 0 aliphatic heterocycles. The van der Waals surface area contributed by atoms with E-state index in [1.54, 1.807) is 18.2 Å². The first-order valence-corrected chi connectivity index (χ1v) is 5.62. The maximum Gasteiger partial charge on any atom is 0.319 e.